The van der Waals surface area contributed by atoms with Gasteiger partial charge in [0.05, 0.1) is 5.69 Å². The van der Waals surface area contributed by atoms with Gasteiger partial charge in [0.1, 0.15) is 0 Å². The van der Waals surface area contributed by atoms with Crippen LogP contribution in [0.2, 0.25) is 0 Å². The smallest absolute Gasteiger partial charge is 0.255 e. The highest BCUT2D eigenvalue weighted by Gasteiger charge is 2.20. The van der Waals surface area contributed by atoms with Crippen LogP contribution in [0.25, 0.3) is 11.3 Å². The van der Waals surface area contributed by atoms with E-state index in [4.69, 9.17) is 0 Å². The van der Waals surface area contributed by atoms with Gasteiger partial charge < -0.3 is 15.5 Å². The van der Waals surface area contributed by atoms with E-state index >= 15 is 0 Å². The van der Waals surface area contributed by atoms with Crippen LogP contribution >= 0.6 is 11.3 Å². The van der Waals surface area contributed by atoms with Gasteiger partial charge in [-0.15, -0.1) is 11.3 Å². The lowest BCUT2D eigenvalue weighted by Gasteiger charge is -2.36. The van der Waals surface area contributed by atoms with Crippen LogP contribution < -0.4 is 10.6 Å². The minimum atomic E-state index is -0.123. The zero-order valence-electron chi connectivity index (χ0n) is 21.4. The standard InChI is InChI=1S/C29H32N6OS/c1-20-6-11-25(17-26(20)32-29-33-27(19-37-29)24-5-4-12-30-18-24)31-28(36)23-9-7-22(8-10-23)21(2)35-15-13-34(3)14-16-35/h4-12,17-19,21H,13-16H2,1-3H3,(H,31,36)(H,32,33). The number of pyridine rings is 1. The van der Waals surface area contributed by atoms with Crippen LogP contribution in [0.1, 0.15) is 34.5 Å². The Labute approximate surface area is 222 Å². The third-order valence-electron chi connectivity index (χ3n) is 6.94. The molecule has 1 aliphatic heterocycles. The maximum Gasteiger partial charge on any atom is 0.255 e. The summed E-state index contributed by atoms with van der Waals surface area (Å²) < 4.78 is 0. The van der Waals surface area contributed by atoms with Gasteiger partial charge in [-0.3, -0.25) is 14.7 Å². The van der Waals surface area contributed by atoms with E-state index < -0.39 is 0 Å². The fourth-order valence-electron chi connectivity index (χ4n) is 4.46. The number of hydrogen-bond acceptors (Lipinski definition) is 7. The number of carbonyl (C=O) groups excluding carboxylic acids is 1. The van der Waals surface area contributed by atoms with Crippen LogP contribution in [0.5, 0.6) is 0 Å². The van der Waals surface area contributed by atoms with Crippen molar-refractivity contribution in [2.45, 2.75) is 19.9 Å². The van der Waals surface area contributed by atoms with E-state index in [-0.39, 0.29) is 5.91 Å². The van der Waals surface area contributed by atoms with E-state index in [0.717, 1.165) is 59.5 Å². The van der Waals surface area contributed by atoms with Gasteiger partial charge in [0, 0.05) is 72.5 Å². The maximum atomic E-state index is 13.0. The summed E-state index contributed by atoms with van der Waals surface area (Å²) in [4.78, 5) is 26.7. The number of likely N-dealkylation sites (N-methyl/N-ethyl adjacent to an activating group) is 1. The van der Waals surface area contributed by atoms with Crippen molar-refractivity contribution >= 4 is 33.8 Å². The largest absolute Gasteiger partial charge is 0.331 e. The van der Waals surface area contributed by atoms with Crippen LogP contribution in [-0.2, 0) is 0 Å². The van der Waals surface area contributed by atoms with Crippen LogP contribution in [-0.4, -0.2) is 58.9 Å². The highest BCUT2D eigenvalue weighted by molar-refractivity contribution is 7.14. The Morgan fingerprint density at radius 2 is 1.84 bits per heavy atom. The predicted octanol–water partition coefficient (Wildman–Crippen LogP) is 5.82. The molecule has 0 spiro atoms. The summed E-state index contributed by atoms with van der Waals surface area (Å²) in [5.41, 5.74) is 6.45. The molecule has 3 heterocycles. The molecular formula is C29H32N6OS. The third kappa shape index (κ3) is 6.05. The van der Waals surface area contributed by atoms with E-state index in [1.807, 2.05) is 54.8 Å². The fraction of sp³-hybridized carbons (Fsp3) is 0.276. The summed E-state index contributed by atoms with van der Waals surface area (Å²) in [7, 11) is 2.17. The lowest BCUT2D eigenvalue weighted by Crippen LogP contribution is -2.45. The van der Waals surface area contributed by atoms with Gasteiger partial charge in [-0.1, -0.05) is 18.2 Å². The molecule has 1 amide bonds. The van der Waals surface area contributed by atoms with Crippen LogP contribution in [0, 0.1) is 6.92 Å². The van der Waals surface area contributed by atoms with Crippen LogP contribution in [0.3, 0.4) is 0 Å². The number of carbonyl (C=O) groups is 1. The molecule has 0 radical (unpaired) electrons. The summed E-state index contributed by atoms with van der Waals surface area (Å²) >= 11 is 1.54. The molecule has 0 aliphatic carbocycles. The van der Waals surface area contributed by atoms with Gasteiger partial charge in [-0.05, 0) is 68.4 Å². The first kappa shape index (κ1) is 25.1. The average molecular weight is 513 g/mol. The number of thiazole rings is 1. The molecule has 1 unspecified atom stereocenters. The summed E-state index contributed by atoms with van der Waals surface area (Å²) in [5.74, 6) is -0.123. The number of benzene rings is 2. The first-order valence-corrected chi connectivity index (χ1v) is 13.4. The molecule has 2 N–H and O–H groups in total. The highest BCUT2D eigenvalue weighted by Crippen LogP contribution is 2.29. The van der Waals surface area contributed by atoms with E-state index in [9.17, 15) is 4.79 Å². The number of aryl methyl sites for hydroxylation is 1. The molecule has 7 nitrogen and oxygen atoms in total. The van der Waals surface area contributed by atoms with Gasteiger partial charge in [-0.2, -0.15) is 0 Å². The van der Waals surface area contributed by atoms with Gasteiger partial charge >= 0.3 is 0 Å². The van der Waals surface area contributed by atoms with Crippen molar-refractivity contribution in [1.82, 2.24) is 19.8 Å². The van der Waals surface area contributed by atoms with Crippen molar-refractivity contribution in [3.8, 4) is 11.3 Å². The predicted molar refractivity (Wildman–Crippen MR) is 152 cm³/mol. The molecule has 1 atom stereocenters. The summed E-state index contributed by atoms with van der Waals surface area (Å²) in [6.07, 6.45) is 3.56. The summed E-state index contributed by atoms with van der Waals surface area (Å²) in [6.45, 7) is 8.58. The second kappa shape index (κ2) is 11.2. The van der Waals surface area contributed by atoms with Crippen molar-refractivity contribution < 1.29 is 4.79 Å². The molecule has 2 aromatic heterocycles. The number of anilines is 3. The molecule has 1 aliphatic rings. The minimum Gasteiger partial charge on any atom is -0.331 e. The number of piperazine rings is 1. The zero-order valence-corrected chi connectivity index (χ0v) is 22.3. The van der Waals surface area contributed by atoms with Crippen molar-refractivity contribution in [3.05, 3.63) is 89.1 Å². The SMILES string of the molecule is Cc1ccc(NC(=O)c2ccc(C(C)N3CCN(C)CC3)cc2)cc1Nc1nc(-c2cccnc2)cs1. The Morgan fingerprint density at radius 3 is 2.57 bits per heavy atom. The fourth-order valence-corrected chi connectivity index (χ4v) is 5.20. The minimum absolute atomic E-state index is 0.123. The van der Waals surface area contributed by atoms with Crippen molar-refractivity contribution in [1.29, 1.82) is 0 Å². The number of hydrogen-bond donors (Lipinski definition) is 2. The second-order valence-electron chi connectivity index (χ2n) is 9.53. The Bertz CT molecular complexity index is 1350. The quantitative estimate of drug-likeness (QED) is 0.325. The Hall–Kier alpha value is -3.59. The molecule has 8 heteroatoms. The van der Waals surface area contributed by atoms with Crippen LogP contribution in [0.4, 0.5) is 16.5 Å². The maximum absolute atomic E-state index is 13.0. The summed E-state index contributed by atoms with van der Waals surface area (Å²) in [6, 6.07) is 18.1. The number of aromatic nitrogens is 2. The molecule has 0 bridgehead atoms. The number of rotatable bonds is 7. The van der Waals surface area contributed by atoms with Crippen LogP contribution in [0.15, 0.2) is 72.4 Å². The van der Waals surface area contributed by atoms with E-state index in [1.165, 1.54) is 16.9 Å². The molecule has 2 aromatic carbocycles. The van der Waals surface area contributed by atoms with Crippen molar-refractivity contribution in [3.63, 3.8) is 0 Å². The Balaban J connectivity index is 1.23. The van der Waals surface area contributed by atoms with Gasteiger partial charge in [-0.25, -0.2) is 4.98 Å². The molecular weight excluding hydrogens is 480 g/mol. The average Bonchev–Trinajstić information content (AvgIpc) is 3.40. The lowest BCUT2D eigenvalue weighted by atomic mass is 10.0. The monoisotopic (exact) mass is 512 g/mol. The van der Waals surface area contributed by atoms with Crippen molar-refractivity contribution in [2.75, 3.05) is 43.9 Å². The van der Waals surface area contributed by atoms with E-state index in [1.54, 1.807) is 12.4 Å². The lowest BCUT2D eigenvalue weighted by molar-refractivity contribution is 0.102. The molecule has 1 saturated heterocycles. The summed E-state index contributed by atoms with van der Waals surface area (Å²) in [5, 5.41) is 9.23. The molecule has 1 fully saturated rings. The zero-order chi connectivity index (χ0) is 25.8. The Morgan fingerprint density at radius 1 is 1.05 bits per heavy atom. The first-order chi connectivity index (χ1) is 18.0. The van der Waals surface area contributed by atoms with Crippen molar-refractivity contribution in [2.24, 2.45) is 0 Å². The van der Waals surface area contributed by atoms with E-state index in [2.05, 4.69) is 56.5 Å². The van der Waals surface area contributed by atoms with Gasteiger partial charge in [0.15, 0.2) is 5.13 Å². The molecule has 0 saturated carbocycles. The van der Waals surface area contributed by atoms with Gasteiger partial charge in [0.25, 0.3) is 5.91 Å². The second-order valence-corrected chi connectivity index (χ2v) is 10.4. The molecule has 37 heavy (non-hydrogen) atoms. The Kier molecular flexibility index (Phi) is 7.60. The highest BCUT2D eigenvalue weighted by atomic mass is 32.1. The van der Waals surface area contributed by atoms with Gasteiger partial charge in [0.2, 0.25) is 0 Å². The normalized spacial score (nSPS) is 15.3. The number of nitrogens with zero attached hydrogens (tertiary/aromatic N) is 4. The molecule has 5 rings (SSSR count). The third-order valence-corrected chi connectivity index (χ3v) is 7.70. The molecule has 190 valence electrons. The van der Waals surface area contributed by atoms with E-state index in [0.29, 0.717) is 11.6 Å². The number of amides is 1. The first-order valence-electron chi connectivity index (χ1n) is 12.5. The topological polar surface area (TPSA) is 73.4 Å². The molecule has 4 aromatic rings. The number of nitrogens with one attached hydrogen (secondary N) is 2.